The zero-order chi connectivity index (χ0) is 14.5. The first kappa shape index (κ1) is 14.2. The number of nitro groups is 1. The van der Waals surface area contributed by atoms with Gasteiger partial charge in [-0.3, -0.25) is 19.9 Å². The minimum Gasteiger partial charge on any atom is -0.469 e. The van der Waals surface area contributed by atoms with Crippen LogP contribution >= 0.6 is 0 Å². The lowest BCUT2D eigenvalue weighted by molar-refractivity contribution is -0.384. The number of ether oxygens (including phenoxy) is 1. The second-order valence-electron chi connectivity index (χ2n) is 4.87. The number of pyridine rings is 1. The van der Waals surface area contributed by atoms with E-state index < -0.39 is 4.92 Å². The highest BCUT2D eigenvalue weighted by Crippen LogP contribution is 2.30. The number of carbonyl (C=O) groups is 1. The van der Waals surface area contributed by atoms with Crippen molar-refractivity contribution in [3.8, 4) is 0 Å². The number of nitrogens with one attached hydrogen (secondary N) is 1. The number of aromatic nitrogens is 1. The molecular formula is C13H17N3O4. The minimum absolute atomic E-state index is 0.0254. The van der Waals surface area contributed by atoms with Crippen molar-refractivity contribution in [3.63, 3.8) is 0 Å². The van der Waals surface area contributed by atoms with Gasteiger partial charge in [-0.05, 0) is 31.7 Å². The van der Waals surface area contributed by atoms with Crippen molar-refractivity contribution >= 4 is 17.3 Å². The Morgan fingerprint density at radius 1 is 1.45 bits per heavy atom. The van der Waals surface area contributed by atoms with Crippen LogP contribution < -0.4 is 5.32 Å². The Balaban J connectivity index is 1.96. The topological polar surface area (TPSA) is 94.4 Å². The summed E-state index contributed by atoms with van der Waals surface area (Å²) in [6.07, 6.45) is 5.82. The highest BCUT2D eigenvalue weighted by atomic mass is 16.6. The summed E-state index contributed by atoms with van der Waals surface area (Å²) in [5.41, 5.74) is 0.453. The fourth-order valence-electron chi connectivity index (χ4n) is 2.51. The van der Waals surface area contributed by atoms with E-state index in [1.807, 2.05) is 0 Å². The van der Waals surface area contributed by atoms with Crippen LogP contribution in [0.15, 0.2) is 18.5 Å². The maximum atomic E-state index is 11.4. The second kappa shape index (κ2) is 6.31. The zero-order valence-corrected chi connectivity index (χ0v) is 11.2. The predicted octanol–water partition coefficient (Wildman–Crippen LogP) is 2.13. The Kier molecular flexibility index (Phi) is 4.49. The summed E-state index contributed by atoms with van der Waals surface area (Å²) in [6, 6.07) is 1.74. The second-order valence-corrected chi connectivity index (χ2v) is 4.87. The highest BCUT2D eigenvalue weighted by Gasteiger charge is 2.27. The van der Waals surface area contributed by atoms with Crippen LogP contribution in [-0.2, 0) is 9.53 Å². The van der Waals surface area contributed by atoms with Gasteiger partial charge in [0.1, 0.15) is 11.9 Å². The van der Waals surface area contributed by atoms with Gasteiger partial charge in [-0.25, -0.2) is 0 Å². The third kappa shape index (κ3) is 3.23. The molecule has 7 nitrogen and oxygen atoms in total. The molecule has 7 heteroatoms. The Morgan fingerprint density at radius 2 is 2.15 bits per heavy atom. The molecule has 1 heterocycles. The fraction of sp³-hybridized carbons (Fsp3) is 0.538. The van der Waals surface area contributed by atoms with E-state index in [1.54, 1.807) is 6.07 Å². The van der Waals surface area contributed by atoms with Crippen LogP contribution in [0.3, 0.4) is 0 Å². The molecule has 1 saturated carbocycles. The lowest BCUT2D eigenvalue weighted by Crippen LogP contribution is -2.30. The number of carbonyl (C=O) groups excluding carboxylic acids is 1. The van der Waals surface area contributed by atoms with E-state index in [2.05, 4.69) is 10.3 Å². The maximum absolute atomic E-state index is 11.4. The maximum Gasteiger partial charge on any atom is 0.310 e. The third-order valence-electron chi connectivity index (χ3n) is 3.62. The van der Waals surface area contributed by atoms with Gasteiger partial charge in [0, 0.05) is 12.2 Å². The van der Waals surface area contributed by atoms with E-state index in [4.69, 9.17) is 4.74 Å². The van der Waals surface area contributed by atoms with Crippen LogP contribution in [0.2, 0.25) is 0 Å². The van der Waals surface area contributed by atoms with Crippen molar-refractivity contribution in [1.82, 2.24) is 4.98 Å². The van der Waals surface area contributed by atoms with E-state index in [0.717, 1.165) is 25.7 Å². The number of methoxy groups -OCH3 is 1. The normalized spacial score (nSPS) is 22.1. The van der Waals surface area contributed by atoms with Crippen LogP contribution in [0.25, 0.3) is 0 Å². The van der Waals surface area contributed by atoms with E-state index in [1.165, 1.54) is 19.5 Å². The summed E-state index contributed by atoms with van der Waals surface area (Å²) < 4.78 is 4.74. The Hall–Kier alpha value is -2.18. The van der Waals surface area contributed by atoms with Gasteiger partial charge >= 0.3 is 11.7 Å². The van der Waals surface area contributed by atoms with Gasteiger partial charge < -0.3 is 10.1 Å². The monoisotopic (exact) mass is 279 g/mol. The summed E-state index contributed by atoms with van der Waals surface area (Å²) in [5.74, 6) is -0.219. The van der Waals surface area contributed by atoms with E-state index >= 15 is 0 Å². The van der Waals surface area contributed by atoms with Gasteiger partial charge in [-0.15, -0.1) is 0 Å². The molecule has 108 valence electrons. The van der Waals surface area contributed by atoms with Crippen LogP contribution in [0.5, 0.6) is 0 Å². The molecule has 0 aliphatic heterocycles. The Labute approximate surface area is 116 Å². The van der Waals surface area contributed by atoms with E-state index in [0.29, 0.717) is 5.69 Å². The van der Waals surface area contributed by atoms with Crippen LogP contribution in [0, 0.1) is 16.0 Å². The molecule has 0 atom stereocenters. The molecule has 2 rings (SSSR count). The standard InChI is InChI=1S/C13H17N3O4/c1-20-13(17)9-2-4-10(5-3-9)15-11-6-7-14-8-12(11)16(18)19/h6-10H,2-5H2,1H3,(H,14,15). The number of hydrogen-bond acceptors (Lipinski definition) is 6. The van der Waals surface area contributed by atoms with Gasteiger partial charge in [-0.1, -0.05) is 0 Å². The van der Waals surface area contributed by atoms with E-state index in [9.17, 15) is 14.9 Å². The van der Waals surface area contributed by atoms with Gasteiger partial charge in [0.2, 0.25) is 0 Å². The summed E-state index contributed by atoms with van der Waals surface area (Å²) in [4.78, 5) is 25.7. The van der Waals surface area contributed by atoms with Crippen molar-refractivity contribution in [2.45, 2.75) is 31.7 Å². The van der Waals surface area contributed by atoms with Crippen molar-refractivity contribution in [2.75, 3.05) is 12.4 Å². The lowest BCUT2D eigenvalue weighted by atomic mass is 9.86. The molecule has 0 saturated heterocycles. The number of nitrogens with zero attached hydrogens (tertiary/aromatic N) is 2. The largest absolute Gasteiger partial charge is 0.469 e. The quantitative estimate of drug-likeness (QED) is 0.515. The number of anilines is 1. The van der Waals surface area contributed by atoms with Crippen molar-refractivity contribution < 1.29 is 14.5 Å². The SMILES string of the molecule is COC(=O)C1CCC(Nc2ccncc2[N+](=O)[O-])CC1. The molecular weight excluding hydrogens is 262 g/mol. The summed E-state index contributed by atoms with van der Waals surface area (Å²) >= 11 is 0. The fourth-order valence-corrected chi connectivity index (χ4v) is 2.51. The number of rotatable bonds is 4. The molecule has 1 aliphatic rings. The van der Waals surface area contributed by atoms with Crippen molar-refractivity contribution in [2.24, 2.45) is 5.92 Å². The molecule has 1 fully saturated rings. The summed E-state index contributed by atoms with van der Waals surface area (Å²) in [7, 11) is 1.40. The lowest BCUT2D eigenvalue weighted by Gasteiger charge is -2.28. The smallest absolute Gasteiger partial charge is 0.310 e. The van der Waals surface area contributed by atoms with Gasteiger partial charge in [0.05, 0.1) is 18.0 Å². The molecule has 1 aromatic heterocycles. The molecule has 0 radical (unpaired) electrons. The molecule has 0 bridgehead atoms. The van der Waals surface area contributed by atoms with Gasteiger partial charge in [0.25, 0.3) is 0 Å². The Morgan fingerprint density at radius 3 is 2.75 bits per heavy atom. The summed E-state index contributed by atoms with van der Waals surface area (Å²) in [5, 5.41) is 14.1. The number of hydrogen-bond donors (Lipinski definition) is 1. The third-order valence-corrected chi connectivity index (χ3v) is 3.62. The predicted molar refractivity (Wildman–Crippen MR) is 72.3 cm³/mol. The highest BCUT2D eigenvalue weighted by molar-refractivity contribution is 5.72. The molecule has 0 spiro atoms. The average Bonchev–Trinajstić information content (AvgIpc) is 2.47. The molecule has 1 aromatic rings. The van der Waals surface area contributed by atoms with Crippen molar-refractivity contribution in [1.29, 1.82) is 0 Å². The average molecular weight is 279 g/mol. The first-order chi connectivity index (χ1) is 9.61. The van der Waals surface area contributed by atoms with Crippen LogP contribution in [0.4, 0.5) is 11.4 Å². The first-order valence-corrected chi connectivity index (χ1v) is 6.54. The minimum atomic E-state index is -0.449. The molecule has 1 N–H and O–H groups in total. The molecule has 0 amide bonds. The molecule has 0 aromatic carbocycles. The van der Waals surface area contributed by atoms with Gasteiger partial charge in [-0.2, -0.15) is 0 Å². The van der Waals surface area contributed by atoms with E-state index in [-0.39, 0.29) is 23.6 Å². The van der Waals surface area contributed by atoms with Crippen LogP contribution in [-0.4, -0.2) is 29.0 Å². The van der Waals surface area contributed by atoms with Crippen LogP contribution in [0.1, 0.15) is 25.7 Å². The van der Waals surface area contributed by atoms with Gasteiger partial charge in [0.15, 0.2) is 0 Å². The molecule has 1 aliphatic carbocycles. The zero-order valence-electron chi connectivity index (χ0n) is 11.2. The Bertz CT molecular complexity index is 498. The van der Waals surface area contributed by atoms with Crippen molar-refractivity contribution in [3.05, 3.63) is 28.6 Å². The molecule has 20 heavy (non-hydrogen) atoms. The first-order valence-electron chi connectivity index (χ1n) is 6.54. The molecule has 0 unspecified atom stereocenters. The number of esters is 1. The summed E-state index contributed by atoms with van der Waals surface area (Å²) in [6.45, 7) is 0.